The molecule has 0 amide bonds. The molecule has 0 unspecified atom stereocenters. The number of hydrogen-bond donors (Lipinski definition) is 0. The van der Waals surface area contributed by atoms with Crippen LogP contribution in [0.2, 0.25) is 0 Å². The SMILES string of the molecule is CC(=O)OC[C@@H](C)[C@H]1CC[C@H]2[C@@H]3C[C@H](OC(C)=O)[C@H]4C[C@@H](OC(C)=O)CC[C@]4(C)[C@H]3CC[C@]12C. The van der Waals surface area contributed by atoms with Gasteiger partial charge in [0.2, 0.25) is 0 Å². The minimum absolute atomic E-state index is 0.0722. The van der Waals surface area contributed by atoms with Gasteiger partial charge in [-0.05, 0) is 91.8 Å². The van der Waals surface area contributed by atoms with Crippen molar-refractivity contribution in [2.75, 3.05) is 6.61 Å². The Morgan fingerprint density at radius 1 is 0.794 bits per heavy atom. The number of carbonyl (C=O) groups excluding carboxylic acids is 3. The number of fused-ring (bicyclic) bond motifs is 5. The fourth-order valence-corrected chi connectivity index (χ4v) is 9.26. The zero-order valence-electron chi connectivity index (χ0n) is 21.9. The number of rotatable bonds is 5. The Labute approximate surface area is 204 Å². The molecule has 6 heteroatoms. The van der Waals surface area contributed by atoms with Crippen molar-refractivity contribution in [1.29, 1.82) is 0 Å². The predicted molar refractivity (Wildman–Crippen MR) is 128 cm³/mol. The normalized spacial score (nSPS) is 44.1. The summed E-state index contributed by atoms with van der Waals surface area (Å²) in [5, 5.41) is 0. The molecule has 10 atom stereocenters. The second kappa shape index (κ2) is 9.46. The molecule has 4 rings (SSSR count). The largest absolute Gasteiger partial charge is 0.466 e. The second-order valence-corrected chi connectivity index (χ2v) is 12.4. The van der Waals surface area contributed by atoms with Gasteiger partial charge < -0.3 is 14.2 Å². The lowest BCUT2D eigenvalue weighted by molar-refractivity contribution is -0.197. The van der Waals surface area contributed by atoms with E-state index in [0.717, 1.165) is 25.7 Å². The molecular weight excluding hydrogens is 432 g/mol. The number of esters is 3. The van der Waals surface area contributed by atoms with E-state index < -0.39 is 0 Å². The molecule has 4 fully saturated rings. The molecule has 0 radical (unpaired) electrons. The zero-order chi connectivity index (χ0) is 24.8. The van der Waals surface area contributed by atoms with Gasteiger partial charge >= 0.3 is 17.9 Å². The van der Waals surface area contributed by atoms with Crippen molar-refractivity contribution < 1.29 is 28.6 Å². The van der Waals surface area contributed by atoms with Crippen molar-refractivity contribution in [1.82, 2.24) is 0 Å². The van der Waals surface area contributed by atoms with Gasteiger partial charge in [0.1, 0.15) is 12.2 Å². The molecule has 4 aliphatic carbocycles. The molecule has 0 aromatic carbocycles. The van der Waals surface area contributed by atoms with E-state index in [1.165, 1.54) is 46.5 Å². The molecule has 0 aromatic rings. The summed E-state index contributed by atoms with van der Waals surface area (Å²) in [6.45, 7) is 12.1. The molecule has 4 saturated carbocycles. The van der Waals surface area contributed by atoms with E-state index in [0.29, 0.717) is 36.2 Å². The average Bonchev–Trinajstić information content (AvgIpc) is 3.09. The van der Waals surface area contributed by atoms with Gasteiger partial charge in [-0.1, -0.05) is 20.8 Å². The van der Waals surface area contributed by atoms with Crippen molar-refractivity contribution in [2.45, 2.75) is 105 Å². The number of hydrogen-bond acceptors (Lipinski definition) is 6. The predicted octanol–water partition coefficient (Wildman–Crippen LogP) is 5.32. The molecule has 0 spiro atoms. The van der Waals surface area contributed by atoms with Crippen LogP contribution in [-0.4, -0.2) is 36.7 Å². The van der Waals surface area contributed by atoms with Crippen LogP contribution in [0.4, 0.5) is 0 Å². The Morgan fingerprint density at radius 3 is 2.09 bits per heavy atom. The molecule has 0 bridgehead atoms. The van der Waals surface area contributed by atoms with Crippen LogP contribution in [0.15, 0.2) is 0 Å². The first kappa shape index (κ1) is 25.5. The third-order valence-corrected chi connectivity index (χ3v) is 10.6. The fourth-order valence-electron chi connectivity index (χ4n) is 9.26. The van der Waals surface area contributed by atoms with E-state index in [4.69, 9.17) is 14.2 Å². The van der Waals surface area contributed by atoms with Gasteiger partial charge in [-0.3, -0.25) is 14.4 Å². The molecule has 4 aliphatic rings. The van der Waals surface area contributed by atoms with Crippen molar-refractivity contribution >= 4 is 17.9 Å². The average molecular weight is 477 g/mol. The maximum absolute atomic E-state index is 12.1. The summed E-state index contributed by atoms with van der Waals surface area (Å²) < 4.78 is 17.0. The number of carbonyl (C=O) groups is 3. The lowest BCUT2D eigenvalue weighted by Crippen LogP contribution is -2.59. The third kappa shape index (κ3) is 4.51. The summed E-state index contributed by atoms with van der Waals surface area (Å²) in [7, 11) is 0. The lowest BCUT2D eigenvalue weighted by Gasteiger charge is -2.62. The highest BCUT2D eigenvalue weighted by Gasteiger charge is 2.63. The van der Waals surface area contributed by atoms with Gasteiger partial charge in [0.05, 0.1) is 6.61 Å². The van der Waals surface area contributed by atoms with Gasteiger partial charge in [-0.15, -0.1) is 0 Å². The summed E-state index contributed by atoms with van der Waals surface area (Å²) >= 11 is 0. The van der Waals surface area contributed by atoms with Gasteiger partial charge in [-0.25, -0.2) is 0 Å². The third-order valence-electron chi connectivity index (χ3n) is 10.6. The molecular formula is C28H44O6. The molecule has 0 N–H and O–H groups in total. The van der Waals surface area contributed by atoms with Crippen LogP contribution in [0.1, 0.15) is 92.9 Å². The first-order chi connectivity index (χ1) is 16.0. The maximum Gasteiger partial charge on any atom is 0.302 e. The van der Waals surface area contributed by atoms with E-state index >= 15 is 0 Å². The minimum Gasteiger partial charge on any atom is -0.466 e. The topological polar surface area (TPSA) is 78.9 Å². The second-order valence-electron chi connectivity index (χ2n) is 12.4. The van der Waals surface area contributed by atoms with Gasteiger partial charge in [0.25, 0.3) is 0 Å². The molecule has 0 aliphatic heterocycles. The van der Waals surface area contributed by atoms with Crippen LogP contribution < -0.4 is 0 Å². The van der Waals surface area contributed by atoms with Crippen molar-refractivity contribution in [3.8, 4) is 0 Å². The quantitative estimate of drug-likeness (QED) is 0.395. The van der Waals surface area contributed by atoms with Crippen LogP contribution in [0.25, 0.3) is 0 Å². The Bertz CT molecular complexity index is 809. The highest BCUT2D eigenvalue weighted by atomic mass is 16.6. The van der Waals surface area contributed by atoms with Gasteiger partial charge in [0.15, 0.2) is 0 Å². The van der Waals surface area contributed by atoms with Crippen LogP contribution >= 0.6 is 0 Å². The lowest BCUT2D eigenvalue weighted by atomic mass is 9.43. The summed E-state index contributed by atoms with van der Waals surface area (Å²) in [6.07, 6.45) is 8.24. The van der Waals surface area contributed by atoms with Crippen LogP contribution in [0.3, 0.4) is 0 Å². The van der Waals surface area contributed by atoms with E-state index in [1.54, 1.807) is 0 Å². The minimum atomic E-state index is -0.223. The monoisotopic (exact) mass is 476 g/mol. The molecule has 0 heterocycles. The first-order valence-electron chi connectivity index (χ1n) is 13.4. The van der Waals surface area contributed by atoms with E-state index in [-0.39, 0.29) is 46.9 Å². The van der Waals surface area contributed by atoms with Crippen molar-refractivity contribution in [3.63, 3.8) is 0 Å². The summed E-state index contributed by atoms with van der Waals surface area (Å²) in [6, 6.07) is 0. The molecule has 0 aromatic heterocycles. The first-order valence-corrected chi connectivity index (χ1v) is 13.4. The summed E-state index contributed by atoms with van der Waals surface area (Å²) in [4.78, 5) is 35.2. The summed E-state index contributed by atoms with van der Waals surface area (Å²) in [5.41, 5.74) is 0.335. The van der Waals surface area contributed by atoms with Crippen LogP contribution in [0, 0.1) is 46.3 Å². The van der Waals surface area contributed by atoms with Crippen LogP contribution in [0.5, 0.6) is 0 Å². The Kier molecular flexibility index (Phi) is 7.10. The highest BCUT2D eigenvalue weighted by Crippen LogP contribution is 2.68. The molecule has 6 nitrogen and oxygen atoms in total. The molecule has 192 valence electrons. The Morgan fingerprint density at radius 2 is 1.44 bits per heavy atom. The highest BCUT2D eigenvalue weighted by molar-refractivity contribution is 5.66. The molecule has 34 heavy (non-hydrogen) atoms. The van der Waals surface area contributed by atoms with Gasteiger partial charge in [0, 0.05) is 26.7 Å². The van der Waals surface area contributed by atoms with Crippen LogP contribution in [-0.2, 0) is 28.6 Å². The Balaban J connectivity index is 1.58. The van der Waals surface area contributed by atoms with Crippen molar-refractivity contribution in [3.05, 3.63) is 0 Å². The van der Waals surface area contributed by atoms with E-state index in [1.807, 2.05) is 0 Å². The van der Waals surface area contributed by atoms with E-state index in [9.17, 15) is 14.4 Å². The maximum atomic E-state index is 12.1. The smallest absolute Gasteiger partial charge is 0.302 e. The number of ether oxygens (including phenoxy) is 3. The fraction of sp³-hybridized carbons (Fsp3) is 0.893. The zero-order valence-corrected chi connectivity index (χ0v) is 21.9. The summed E-state index contributed by atoms with van der Waals surface area (Å²) in [5.74, 6) is 2.27. The van der Waals surface area contributed by atoms with Gasteiger partial charge in [-0.2, -0.15) is 0 Å². The standard InChI is InChI=1S/C28H44O6/c1-16(15-32-17(2)29)22-7-8-23-21-14-26(34-19(4)31)25-13-20(33-18(3)30)9-11-28(25,6)24(21)10-12-27(22,23)5/h16,20-26H,7-15H2,1-6H3/t16-,20+,21+,22-,23+,24+,25-,26+,27-,28-/m1/s1. The van der Waals surface area contributed by atoms with E-state index in [2.05, 4.69) is 20.8 Å². The van der Waals surface area contributed by atoms with Crippen molar-refractivity contribution in [2.24, 2.45) is 46.3 Å². The molecule has 0 saturated heterocycles. The Hall–Kier alpha value is -1.59.